The van der Waals surface area contributed by atoms with Gasteiger partial charge >= 0.3 is 0 Å². The number of carbonyl (C=O) groups is 1. The van der Waals surface area contributed by atoms with E-state index < -0.39 is 10.0 Å². The minimum atomic E-state index is -3.59. The fourth-order valence-corrected chi connectivity index (χ4v) is 5.37. The van der Waals surface area contributed by atoms with Crippen molar-refractivity contribution in [2.24, 2.45) is 0 Å². The van der Waals surface area contributed by atoms with Gasteiger partial charge in [-0.15, -0.1) is 11.3 Å². The molecule has 0 atom stereocenters. The van der Waals surface area contributed by atoms with Gasteiger partial charge in [0, 0.05) is 17.8 Å². The minimum Gasteiger partial charge on any atom is -0.352 e. The van der Waals surface area contributed by atoms with Crippen LogP contribution in [-0.2, 0) is 16.4 Å². The smallest absolute Gasteiger partial charge is 0.271 e. The van der Waals surface area contributed by atoms with Crippen LogP contribution >= 0.6 is 11.3 Å². The fourth-order valence-electron chi connectivity index (χ4n) is 3.32. The summed E-state index contributed by atoms with van der Waals surface area (Å²) < 4.78 is 27.3. The highest BCUT2D eigenvalue weighted by Crippen LogP contribution is 2.20. The third kappa shape index (κ3) is 5.25. The van der Waals surface area contributed by atoms with Crippen LogP contribution in [0.25, 0.3) is 0 Å². The van der Waals surface area contributed by atoms with Crippen LogP contribution in [0, 0.1) is 20.8 Å². The molecule has 3 rings (SSSR count). The summed E-state index contributed by atoms with van der Waals surface area (Å²) in [7, 11) is -3.59. The van der Waals surface area contributed by atoms with E-state index in [4.69, 9.17) is 0 Å². The molecule has 0 unspecified atom stereocenters. The molecule has 3 aromatic rings. The normalized spacial score (nSPS) is 11.3. The summed E-state index contributed by atoms with van der Waals surface area (Å²) in [6.45, 7) is 6.80. The maximum absolute atomic E-state index is 12.4. The highest BCUT2D eigenvalue weighted by atomic mass is 32.2. The summed E-state index contributed by atoms with van der Waals surface area (Å²) in [5.41, 5.74) is 5.87. The standard InChI is InChI=1S/C22H24N2O3S2/c1-15-13-16(2)20(17(3)14-15)10-11-23-22(25)18-6-8-19(9-7-18)24-29(26,27)21-5-4-12-28-21/h4-9,12-14,24H,10-11H2,1-3H3,(H,23,25). The zero-order valence-electron chi connectivity index (χ0n) is 16.7. The van der Waals surface area contributed by atoms with E-state index in [1.54, 1.807) is 41.8 Å². The molecule has 2 N–H and O–H groups in total. The molecule has 2 aromatic carbocycles. The van der Waals surface area contributed by atoms with Gasteiger partial charge in [-0.1, -0.05) is 23.8 Å². The van der Waals surface area contributed by atoms with Crippen molar-refractivity contribution < 1.29 is 13.2 Å². The number of carbonyl (C=O) groups excluding carboxylic acids is 1. The lowest BCUT2D eigenvalue weighted by Crippen LogP contribution is -2.26. The number of aryl methyl sites for hydroxylation is 3. The Hall–Kier alpha value is -2.64. The first kappa shape index (κ1) is 21.1. The van der Waals surface area contributed by atoms with E-state index in [-0.39, 0.29) is 10.1 Å². The van der Waals surface area contributed by atoms with Gasteiger partial charge in [0.15, 0.2) is 0 Å². The Kier molecular flexibility index (Phi) is 6.39. The second kappa shape index (κ2) is 8.80. The molecule has 0 aliphatic heterocycles. The summed E-state index contributed by atoms with van der Waals surface area (Å²) in [4.78, 5) is 12.4. The summed E-state index contributed by atoms with van der Waals surface area (Å²) in [5.74, 6) is -0.180. The largest absolute Gasteiger partial charge is 0.352 e. The molecule has 0 fully saturated rings. The molecule has 29 heavy (non-hydrogen) atoms. The molecular weight excluding hydrogens is 404 g/mol. The van der Waals surface area contributed by atoms with Crippen LogP contribution in [0.15, 0.2) is 58.1 Å². The van der Waals surface area contributed by atoms with E-state index >= 15 is 0 Å². The maximum atomic E-state index is 12.4. The number of anilines is 1. The van der Waals surface area contributed by atoms with Crippen molar-refractivity contribution in [3.8, 4) is 0 Å². The zero-order chi connectivity index (χ0) is 21.0. The molecule has 0 aliphatic rings. The van der Waals surface area contributed by atoms with Crippen molar-refractivity contribution in [3.63, 3.8) is 0 Å². The SMILES string of the molecule is Cc1cc(C)c(CCNC(=O)c2ccc(NS(=O)(=O)c3cccs3)cc2)c(C)c1. The Bertz CT molecular complexity index is 1080. The van der Waals surface area contributed by atoms with Gasteiger partial charge in [-0.2, -0.15) is 0 Å². The lowest BCUT2D eigenvalue weighted by Gasteiger charge is -2.12. The van der Waals surface area contributed by atoms with Gasteiger partial charge in [-0.05, 0) is 79.6 Å². The van der Waals surface area contributed by atoms with Crippen LogP contribution in [0.1, 0.15) is 32.6 Å². The third-order valence-electron chi connectivity index (χ3n) is 4.66. The average molecular weight is 429 g/mol. The Labute approximate surface area is 175 Å². The third-order valence-corrected chi connectivity index (χ3v) is 7.44. The van der Waals surface area contributed by atoms with Gasteiger partial charge in [-0.3, -0.25) is 9.52 Å². The molecule has 0 radical (unpaired) electrons. The van der Waals surface area contributed by atoms with Crippen molar-refractivity contribution in [1.82, 2.24) is 5.32 Å². The highest BCUT2D eigenvalue weighted by Gasteiger charge is 2.15. The van der Waals surface area contributed by atoms with Crippen LogP contribution in [0.5, 0.6) is 0 Å². The summed E-state index contributed by atoms with van der Waals surface area (Å²) in [6.07, 6.45) is 0.766. The number of thiophene rings is 1. The van der Waals surface area contributed by atoms with Gasteiger partial charge in [-0.25, -0.2) is 8.42 Å². The first-order chi connectivity index (χ1) is 13.8. The van der Waals surface area contributed by atoms with E-state index in [1.165, 1.54) is 22.3 Å². The maximum Gasteiger partial charge on any atom is 0.271 e. The predicted molar refractivity (Wildman–Crippen MR) is 118 cm³/mol. The Morgan fingerprint density at radius 3 is 2.24 bits per heavy atom. The van der Waals surface area contributed by atoms with Crippen molar-refractivity contribution in [2.45, 2.75) is 31.4 Å². The molecule has 1 amide bonds. The topological polar surface area (TPSA) is 75.3 Å². The number of hydrogen-bond donors (Lipinski definition) is 2. The molecule has 1 aromatic heterocycles. The fraction of sp³-hybridized carbons (Fsp3) is 0.227. The molecule has 0 aliphatic carbocycles. The van der Waals surface area contributed by atoms with Crippen molar-refractivity contribution in [1.29, 1.82) is 0 Å². The number of benzene rings is 2. The van der Waals surface area contributed by atoms with Crippen LogP contribution in [-0.4, -0.2) is 20.9 Å². The predicted octanol–water partition coefficient (Wildman–Crippen LogP) is 4.45. The van der Waals surface area contributed by atoms with Gasteiger partial charge in [0.1, 0.15) is 4.21 Å². The zero-order valence-corrected chi connectivity index (χ0v) is 18.3. The summed E-state index contributed by atoms with van der Waals surface area (Å²) in [5, 5.41) is 4.64. The van der Waals surface area contributed by atoms with Crippen molar-refractivity contribution in [3.05, 3.63) is 81.7 Å². The van der Waals surface area contributed by atoms with E-state index in [2.05, 4.69) is 42.9 Å². The molecule has 0 saturated carbocycles. The number of rotatable bonds is 7. The van der Waals surface area contributed by atoms with E-state index in [9.17, 15) is 13.2 Å². The van der Waals surface area contributed by atoms with E-state index in [0.717, 1.165) is 17.8 Å². The van der Waals surface area contributed by atoms with Crippen molar-refractivity contribution >= 4 is 33.0 Å². The van der Waals surface area contributed by atoms with E-state index in [1.807, 2.05) is 0 Å². The van der Waals surface area contributed by atoms with Gasteiger partial charge in [0.25, 0.3) is 15.9 Å². The second-order valence-corrected chi connectivity index (χ2v) is 9.86. The molecule has 0 saturated heterocycles. The van der Waals surface area contributed by atoms with Crippen LogP contribution in [0.3, 0.4) is 0 Å². The average Bonchev–Trinajstić information content (AvgIpc) is 3.20. The lowest BCUT2D eigenvalue weighted by atomic mass is 9.97. The first-order valence-corrected chi connectivity index (χ1v) is 11.6. The number of hydrogen-bond acceptors (Lipinski definition) is 4. The van der Waals surface area contributed by atoms with E-state index in [0.29, 0.717) is 17.8 Å². The van der Waals surface area contributed by atoms with Gasteiger partial charge < -0.3 is 5.32 Å². The summed E-state index contributed by atoms with van der Waals surface area (Å²) in [6, 6.07) is 14.0. The van der Waals surface area contributed by atoms with Crippen LogP contribution in [0.4, 0.5) is 5.69 Å². The molecular formula is C22H24N2O3S2. The lowest BCUT2D eigenvalue weighted by molar-refractivity contribution is 0.0954. The molecule has 0 spiro atoms. The Balaban J connectivity index is 1.58. The van der Waals surface area contributed by atoms with Gasteiger partial charge in [0.2, 0.25) is 0 Å². The molecule has 7 heteroatoms. The quantitative estimate of drug-likeness (QED) is 0.584. The summed E-state index contributed by atoms with van der Waals surface area (Å²) >= 11 is 1.15. The monoisotopic (exact) mass is 428 g/mol. The van der Waals surface area contributed by atoms with Crippen molar-refractivity contribution in [2.75, 3.05) is 11.3 Å². The number of amides is 1. The molecule has 0 bridgehead atoms. The van der Waals surface area contributed by atoms with Gasteiger partial charge in [0.05, 0.1) is 0 Å². The Morgan fingerprint density at radius 1 is 1.00 bits per heavy atom. The first-order valence-electron chi connectivity index (χ1n) is 9.27. The van der Waals surface area contributed by atoms with Crippen LogP contribution < -0.4 is 10.0 Å². The number of sulfonamides is 1. The molecule has 1 heterocycles. The molecule has 152 valence electrons. The Morgan fingerprint density at radius 2 is 1.66 bits per heavy atom. The molecule has 5 nitrogen and oxygen atoms in total. The highest BCUT2D eigenvalue weighted by molar-refractivity contribution is 7.94. The number of nitrogens with one attached hydrogen (secondary N) is 2. The minimum absolute atomic E-state index is 0.180. The van der Waals surface area contributed by atoms with Crippen LogP contribution in [0.2, 0.25) is 0 Å². The second-order valence-electron chi connectivity index (χ2n) is 7.00.